The summed E-state index contributed by atoms with van der Waals surface area (Å²) in [6, 6.07) is 9.75. The van der Waals surface area contributed by atoms with Gasteiger partial charge >= 0.3 is 0 Å². The fourth-order valence-electron chi connectivity index (χ4n) is 3.03. The van der Waals surface area contributed by atoms with Crippen LogP contribution in [-0.4, -0.2) is 30.2 Å². The Morgan fingerprint density at radius 3 is 2.24 bits per heavy atom. The molecule has 1 amide bonds. The van der Waals surface area contributed by atoms with Crippen molar-refractivity contribution in [2.45, 2.75) is 40.7 Å². The van der Waals surface area contributed by atoms with Gasteiger partial charge in [0, 0.05) is 17.4 Å². The van der Waals surface area contributed by atoms with E-state index < -0.39 is 0 Å². The number of benzene rings is 1. The van der Waals surface area contributed by atoms with Crippen molar-refractivity contribution in [3.05, 3.63) is 47.3 Å². The Hall–Kier alpha value is -2.43. The molecule has 2 rings (SSSR count). The number of carbonyl (C=O) groups excluding carboxylic acids is 1. The van der Waals surface area contributed by atoms with Crippen molar-refractivity contribution >= 4 is 5.91 Å². The summed E-state index contributed by atoms with van der Waals surface area (Å²) >= 11 is 0. The highest BCUT2D eigenvalue weighted by molar-refractivity contribution is 5.95. The molecule has 0 bridgehead atoms. The maximum atomic E-state index is 12.4. The van der Waals surface area contributed by atoms with Gasteiger partial charge in [0.15, 0.2) is 0 Å². The zero-order valence-electron chi connectivity index (χ0n) is 15.8. The fourth-order valence-corrected chi connectivity index (χ4v) is 3.03. The molecule has 136 valence electrons. The molecule has 1 aromatic heterocycles. The highest BCUT2D eigenvalue weighted by Gasteiger charge is 2.16. The number of amides is 1. The molecule has 0 saturated heterocycles. The summed E-state index contributed by atoms with van der Waals surface area (Å²) in [7, 11) is 0. The van der Waals surface area contributed by atoms with Crippen LogP contribution in [-0.2, 0) is 0 Å². The van der Waals surface area contributed by atoms with E-state index in [4.69, 9.17) is 9.47 Å². The summed E-state index contributed by atoms with van der Waals surface area (Å²) in [5.41, 5.74) is 2.83. The molecule has 1 heterocycles. The minimum atomic E-state index is -0.0599. The van der Waals surface area contributed by atoms with Crippen LogP contribution in [0.5, 0.6) is 11.5 Å². The number of carbonyl (C=O) groups is 1. The maximum absolute atomic E-state index is 12.4. The van der Waals surface area contributed by atoms with Crippen molar-refractivity contribution in [2.75, 3.05) is 19.8 Å². The second kappa shape index (κ2) is 8.60. The van der Waals surface area contributed by atoms with Crippen LogP contribution in [0.25, 0.3) is 0 Å². The van der Waals surface area contributed by atoms with Crippen LogP contribution in [0.3, 0.4) is 0 Å². The third-order valence-corrected chi connectivity index (χ3v) is 4.04. The maximum Gasteiger partial charge on any atom is 0.253 e. The standard InChI is InChI=1S/C20H28N2O3/c1-6-24-17-7-9-18(10-8-17)25-12-11-21-20(23)19-13-15(4)22(14(2)3)16(19)5/h7-10,13-14H,6,11-12H2,1-5H3,(H,21,23). The molecule has 0 aliphatic heterocycles. The zero-order valence-corrected chi connectivity index (χ0v) is 15.8. The summed E-state index contributed by atoms with van der Waals surface area (Å²) in [4.78, 5) is 12.4. The Balaban J connectivity index is 1.84. The average molecular weight is 344 g/mol. The molecule has 0 radical (unpaired) electrons. The van der Waals surface area contributed by atoms with Gasteiger partial charge in [0.2, 0.25) is 0 Å². The number of rotatable bonds is 8. The molecule has 0 atom stereocenters. The first-order chi connectivity index (χ1) is 11.9. The molecule has 5 nitrogen and oxygen atoms in total. The number of hydrogen-bond donors (Lipinski definition) is 1. The van der Waals surface area contributed by atoms with E-state index in [0.717, 1.165) is 28.5 Å². The molecule has 2 aromatic rings. The molecule has 0 unspecified atom stereocenters. The van der Waals surface area contributed by atoms with Gasteiger partial charge in [0.05, 0.1) is 18.7 Å². The number of ether oxygens (including phenoxy) is 2. The van der Waals surface area contributed by atoms with Crippen molar-refractivity contribution < 1.29 is 14.3 Å². The topological polar surface area (TPSA) is 52.5 Å². The predicted molar refractivity (Wildman–Crippen MR) is 99.7 cm³/mol. The van der Waals surface area contributed by atoms with E-state index in [1.807, 2.05) is 51.1 Å². The SMILES string of the molecule is CCOc1ccc(OCCNC(=O)c2cc(C)n(C(C)C)c2C)cc1. The summed E-state index contributed by atoms with van der Waals surface area (Å²) in [5, 5.41) is 2.92. The molecule has 0 spiro atoms. The van der Waals surface area contributed by atoms with Crippen molar-refractivity contribution in [1.82, 2.24) is 9.88 Å². The van der Waals surface area contributed by atoms with Gasteiger partial charge in [0.25, 0.3) is 5.91 Å². The Morgan fingerprint density at radius 2 is 1.72 bits per heavy atom. The van der Waals surface area contributed by atoms with Gasteiger partial charge in [0.1, 0.15) is 18.1 Å². The van der Waals surface area contributed by atoms with Crippen LogP contribution in [0.4, 0.5) is 0 Å². The second-order valence-electron chi connectivity index (χ2n) is 6.26. The summed E-state index contributed by atoms with van der Waals surface area (Å²) in [6.45, 7) is 11.7. The lowest BCUT2D eigenvalue weighted by atomic mass is 10.2. The van der Waals surface area contributed by atoms with Gasteiger partial charge < -0.3 is 19.4 Å². The second-order valence-corrected chi connectivity index (χ2v) is 6.26. The lowest BCUT2D eigenvalue weighted by molar-refractivity contribution is 0.0946. The van der Waals surface area contributed by atoms with Gasteiger partial charge in [-0.25, -0.2) is 0 Å². The van der Waals surface area contributed by atoms with Crippen LogP contribution >= 0.6 is 0 Å². The van der Waals surface area contributed by atoms with E-state index in [-0.39, 0.29) is 5.91 Å². The third-order valence-electron chi connectivity index (χ3n) is 4.04. The Bertz CT molecular complexity index is 702. The predicted octanol–water partition coefficient (Wildman–Crippen LogP) is 3.89. The molecule has 0 fully saturated rings. The summed E-state index contributed by atoms with van der Waals surface area (Å²) in [5.74, 6) is 1.52. The van der Waals surface area contributed by atoms with Crippen molar-refractivity contribution in [3.63, 3.8) is 0 Å². The molecule has 1 N–H and O–H groups in total. The van der Waals surface area contributed by atoms with Gasteiger partial charge in [-0.05, 0) is 65.0 Å². The molecule has 0 aliphatic rings. The first-order valence-corrected chi connectivity index (χ1v) is 8.76. The largest absolute Gasteiger partial charge is 0.494 e. The molecule has 0 aliphatic carbocycles. The molecular weight excluding hydrogens is 316 g/mol. The number of nitrogens with one attached hydrogen (secondary N) is 1. The van der Waals surface area contributed by atoms with E-state index >= 15 is 0 Å². The minimum Gasteiger partial charge on any atom is -0.494 e. The zero-order chi connectivity index (χ0) is 18.4. The Kier molecular flexibility index (Phi) is 6.51. The van der Waals surface area contributed by atoms with Gasteiger partial charge in [-0.15, -0.1) is 0 Å². The number of aromatic nitrogens is 1. The number of nitrogens with zero attached hydrogens (tertiary/aromatic N) is 1. The Morgan fingerprint density at radius 1 is 1.12 bits per heavy atom. The first kappa shape index (κ1) is 18.9. The third kappa shape index (κ3) is 4.78. The van der Waals surface area contributed by atoms with Crippen molar-refractivity contribution in [2.24, 2.45) is 0 Å². The smallest absolute Gasteiger partial charge is 0.253 e. The van der Waals surface area contributed by atoms with Crippen molar-refractivity contribution in [3.8, 4) is 11.5 Å². The highest BCUT2D eigenvalue weighted by atomic mass is 16.5. The lowest BCUT2D eigenvalue weighted by Crippen LogP contribution is -2.28. The molecular formula is C20H28N2O3. The van der Waals surface area contributed by atoms with E-state index in [1.165, 1.54) is 0 Å². The monoisotopic (exact) mass is 344 g/mol. The summed E-state index contributed by atoms with van der Waals surface area (Å²) < 4.78 is 13.2. The van der Waals surface area contributed by atoms with Crippen LogP contribution in [0.15, 0.2) is 30.3 Å². The normalized spacial score (nSPS) is 10.8. The summed E-state index contributed by atoms with van der Waals surface area (Å²) in [6.07, 6.45) is 0. The van der Waals surface area contributed by atoms with Gasteiger partial charge in [-0.1, -0.05) is 0 Å². The Labute approximate surface area is 149 Å². The van der Waals surface area contributed by atoms with E-state index in [0.29, 0.717) is 25.8 Å². The van der Waals surface area contributed by atoms with E-state index in [2.05, 4.69) is 23.7 Å². The van der Waals surface area contributed by atoms with Gasteiger partial charge in [-0.3, -0.25) is 4.79 Å². The minimum absolute atomic E-state index is 0.0599. The number of hydrogen-bond acceptors (Lipinski definition) is 3. The van der Waals surface area contributed by atoms with Crippen LogP contribution in [0, 0.1) is 13.8 Å². The van der Waals surface area contributed by atoms with Gasteiger partial charge in [-0.2, -0.15) is 0 Å². The number of aryl methyl sites for hydroxylation is 1. The highest BCUT2D eigenvalue weighted by Crippen LogP contribution is 2.20. The first-order valence-electron chi connectivity index (χ1n) is 8.76. The molecule has 5 heteroatoms. The lowest BCUT2D eigenvalue weighted by Gasteiger charge is -2.13. The van der Waals surface area contributed by atoms with Crippen LogP contribution in [0.1, 0.15) is 48.6 Å². The molecule has 1 aromatic carbocycles. The fraction of sp³-hybridized carbons (Fsp3) is 0.450. The molecule has 25 heavy (non-hydrogen) atoms. The average Bonchev–Trinajstić information content (AvgIpc) is 2.88. The van der Waals surface area contributed by atoms with Crippen molar-refractivity contribution in [1.29, 1.82) is 0 Å². The van der Waals surface area contributed by atoms with E-state index in [9.17, 15) is 4.79 Å². The van der Waals surface area contributed by atoms with E-state index in [1.54, 1.807) is 0 Å². The molecule has 0 saturated carbocycles. The van der Waals surface area contributed by atoms with Crippen LogP contribution in [0.2, 0.25) is 0 Å². The van der Waals surface area contributed by atoms with Crippen LogP contribution < -0.4 is 14.8 Å². The quantitative estimate of drug-likeness (QED) is 0.739.